The van der Waals surface area contributed by atoms with Crippen LogP contribution in [0.5, 0.6) is 0 Å². The van der Waals surface area contributed by atoms with Crippen molar-refractivity contribution in [1.29, 1.82) is 0 Å². The van der Waals surface area contributed by atoms with Gasteiger partial charge in [0.2, 0.25) is 0 Å². The van der Waals surface area contributed by atoms with E-state index in [1.54, 1.807) is 6.92 Å². The van der Waals surface area contributed by atoms with Gasteiger partial charge in [-0.3, -0.25) is 4.90 Å². The molecule has 7 nitrogen and oxygen atoms in total. The van der Waals surface area contributed by atoms with Crippen molar-refractivity contribution in [2.75, 3.05) is 19.7 Å². The van der Waals surface area contributed by atoms with Crippen LogP contribution in [0.1, 0.15) is 33.6 Å². The molecule has 3 rings (SSSR count). The van der Waals surface area contributed by atoms with E-state index < -0.39 is 40.5 Å². The van der Waals surface area contributed by atoms with Crippen LogP contribution in [-0.2, 0) is 19.1 Å². The molecule has 0 radical (unpaired) electrons. The predicted octanol–water partition coefficient (Wildman–Crippen LogP) is 1.03. The average molecular weight is 424 g/mol. The molecule has 3 heterocycles. The summed E-state index contributed by atoms with van der Waals surface area (Å²) in [7, 11) is 0. The molecule has 0 amide bonds. The maximum Gasteiger partial charge on any atom is 0.340 e. The number of hydrogen-bond donors (Lipinski definition) is 2. The molecule has 6 unspecified atom stereocenters. The second-order valence-electron chi connectivity index (χ2n) is 7.82. The van der Waals surface area contributed by atoms with Crippen LogP contribution in [0, 0.1) is 5.92 Å². The summed E-state index contributed by atoms with van der Waals surface area (Å²) in [5, 5.41) is 20.6. The van der Waals surface area contributed by atoms with Gasteiger partial charge in [-0.15, -0.1) is 24.0 Å². The summed E-state index contributed by atoms with van der Waals surface area (Å²) in [5.41, 5.74) is -3.03. The number of cyclic esters (lactones) is 1. The summed E-state index contributed by atoms with van der Waals surface area (Å²) in [4.78, 5) is 27.4. The molecule has 9 heteroatoms. The van der Waals surface area contributed by atoms with E-state index in [0.717, 1.165) is 12.1 Å². The second kappa shape index (κ2) is 7.87. The van der Waals surface area contributed by atoms with Crippen LogP contribution < -0.4 is 0 Å². The molecule has 6 atom stereocenters. The number of aliphatic hydroxyl groups is 2. The fourth-order valence-corrected chi connectivity index (χ4v) is 4.11. The first-order chi connectivity index (χ1) is 12.1. The highest BCUT2D eigenvalue weighted by Gasteiger charge is 2.52. The zero-order chi connectivity index (χ0) is 19.3. The van der Waals surface area contributed by atoms with Gasteiger partial charge in [0.25, 0.3) is 0 Å². The lowest BCUT2D eigenvalue weighted by atomic mass is 9.79. The molecule has 27 heavy (non-hydrogen) atoms. The van der Waals surface area contributed by atoms with Gasteiger partial charge in [-0.1, -0.05) is 13.0 Å². The first kappa shape index (κ1) is 22.4. The van der Waals surface area contributed by atoms with Crippen LogP contribution in [0.25, 0.3) is 0 Å². The molecule has 0 aromatic heterocycles. The maximum absolute atomic E-state index is 12.8. The minimum atomic E-state index is -2.01. The number of carbonyl (C=O) groups is 2. The number of alkyl halides is 1. The standard InChI is InChI=1S/C18H26ClNO6.ClH/c1-10-8-18(24,11(2)19)16(22)26-13-5-7-20-6-4-12(14(13)20)9-25-15(21)17(10,3)23;/h4,10-11,13-14,23-24H,5-9H2,1-3H3;1H. The van der Waals surface area contributed by atoms with Gasteiger partial charge in [0.15, 0.2) is 11.2 Å². The average Bonchev–Trinajstić information content (AvgIpc) is 3.14. The molecule has 0 saturated carbocycles. The lowest BCUT2D eigenvalue weighted by molar-refractivity contribution is -0.183. The Labute approximate surface area is 170 Å². The van der Waals surface area contributed by atoms with Gasteiger partial charge in [0, 0.05) is 13.1 Å². The van der Waals surface area contributed by atoms with Crippen molar-refractivity contribution in [3.05, 3.63) is 11.6 Å². The highest BCUT2D eigenvalue weighted by Crippen LogP contribution is 2.37. The maximum atomic E-state index is 12.8. The fourth-order valence-electron chi connectivity index (χ4n) is 3.94. The number of esters is 2. The van der Waals surface area contributed by atoms with Gasteiger partial charge in [-0.2, -0.15) is 0 Å². The number of nitrogens with zero attached hydrogens (tertiary/aromatic N) is 1. The van der Waals surface area contributed by atoms with E-state index in [4.69, 9.17) is 21.1 Å². The van der Waals surface area contributed by atoms with Crippen LogP contribution in [0.4, 0.5) is 0 Å². The van der Waals surface area contributed by atoms with E-state index in [0.29, 0.717) is 13.0 Å². The van der Waals surface area contributed by atoms with Crippen LogP contribution in [0.15, 0.2) is 11.6 Å². The first-order valence-electron chi connectivity index (χ1n) is 8.97. The van der Waals surface area contributed by atoms with Gasteiger partial charge in [-0.25, -0.2) is 9.59 Å². The summed E-state index contributed by atoms with van der Waals surface area (Å²) in [6.45, 7) is 5.88. The molecule has 154 valence electrons. The first-order valence-corrected chi connectivity index (χ1v) is 9.41. The van der Waals surface area contributed by atoms with E-state index in [9.17, 15) is 19.8 Å². The molecule has 0 aliphatic carbocycles. The van der Waals surface area contributed by atoms with Crippen molar-refractivity contribution in [3.8, 4) is 0 Å². The smallest absolute Gasteiger partial charge is 0.340 e. The van der Waals surface area contributed by atoms with Crippen LogP contribution in [0.2, 0.25) is 0 Å². The molecule has 2 N–H and O–H groups in total. The Morgan fingerprint density at radius 3 is 2.63 bits per heavy atom. The third-order valence-electron chi connectivity index (χ3n) is 6.04. The highest BCUT2D eigenvalue weighted by atomic mass is 35.5. The van der Waals surface area contributed by atoms with E-state index in [-0.39, 0.29) is 31.5 Å². The molecule has 0 spiro atoms. The number of halogens is 2. The lowest BCUT2D eigenvalue weighted by Crippen LogP contribution is -2.54. The largest absolute Gasteiger partial charge is 0.459 e. The zero-order valence-electron chi connectivity index (χ0n) is 15.7. The van der Waals surface area contributed by atoms with Crippen LogP contribution in [0.3, 0.4) is 0 Å². The van der Waals surface area contributed by atoms with Crippen molar-refractivity contribution in [1.82, 2.24) is 4.90 Å². The van der Waals surface area contributed by atoms with Crippen LogP contribution >= 0.6 is 24.0 Å². The van der Waals surface area contributed by atoms with Gasteiger partial charge in [0.1, 0.15) is 12.7 Å². The minimum absolute atomic E-state index is 0. The Morgan fingerprint density at radius 1 is 1.33 bits per heavy atom. The summed E-state index contributed by atoms with van der Waals surface area (Å²) in [6, 6.07) is -0.177. The zero-order valence-corrected chi connectivity index (χ0v) is 17.3. The van der Waals surface area contributed by atoms with Gasteiger partial charge >= 0.3 is 11.9 Å². The molecule has 2 saturated heterocycles. The number of rotatable bonds is 1. The summed E-state index contributed by atoms with van der Waals surface area (Å²) < 4.78 is 11.0. The van der Waals surface area contributed by atoms with Gasteiger partial charge < -0.3 is 19.7 Å². The van der Waals surface area contributed by atoms with Gasteiger partial charge in [-0.05, 0) is 38.2 Å². The Morgan fingerprint density at radius 2 is 2.00 bits per heavy atom. The summed E-state index contributed by atoms with van der Waals surface area (Å²) in [6.07, 6.45) is 1.95. The molecule has 3 aliphatic heterocycles. The van der Waals surface area contributed by atoms with Crippen LogP contribution in [-0.4, -0.2) is 75.5 Å². The van der Waals surface area contributed by atoms with Gasteiger partial charge in [0.05, 0.1) is 11.4 Å². The Bertz CT molecular complexity index is 637. The van der Waals surface area contributed by atoms with Crippen molar-refractivity contribution < 1.29 is 29.3 Å². The quantitative estimate of drug-likeness (QED) is 0.369. The second-order valence-corrected chi connectivity index (χ2v) is 8.47. The minimum Gasteiger partial charge on any atom is -0.459 e. The Balaban J connectivity index is 0.00000261. The van der Waals surface area contributed by atoms with E-state index in [2.05, 4.69) is 4.90 Å². The predicted molar refractivity (Wildman–Crippen MR) is 101 cm³/mol. The number of ether oxygens (including phenoxy) is 2. The highest BCUT2D eigenvalue weighted by molar-refractivity contribution is 6.22. The summed E-state index contributed by atoms with van der Waals surface area (Å²) in [5.74, 6) is -2.37. The molecular weight excluding hydrogens is 397 g/mol. The van der Waals surface area contributed by atoms with E-state index in [1.807, 2.05) is 6.08 Å². The molecule has 0 aromatic carbocycles. The normalized spacial score (nSPS) is 41.3. The lowest BCUT2D eigenvalue weighted by Gasteiger charge is -2.37. The topological polar surface area (TPSA) is 96.3 Å². The number of carbonyl (C=O) groups excluding carboxylic acids is 2. The van der Waals surface area contributed by atoms with Crippen molar-refractivity contribution in [2.45, 2.75) is 62.3 Å². The third kappa shape index (κ3) is 3.85. The van der Waals surface area contributed by atoms with Crippen molar-refractivity contribution in [2.24, 2.45) is 5.92 Å². The van der Waals surface area contributed by atoms with Crippen molar-refractivity contribution in [3.63, 3.8) is 0 Å². The Hall–Kier alpha value is -0.860. The van der Waals surface area contributed by atoms with E-state index in [1.165, 1.54) is 13.8 Å². The fraction of sp³-hybridized carbons (Fsp3) is 0.778. The Kier molecular flexibility index (Phi) is 6.54. The molecule has 2 fully saturated rings. The third-order valence-corrected chi connectivity index (χ3v) is 6.41. The number of hydrogen-bond acceptors (Lipinski definition) is 7. The van der Waals surface area contributed by atoms with E-state index >= 15 is 0 Å². The summed E-state index contributed by atoms with van der Waals surface area (Å²) >= 11 is 6.12. The molecule has 0 bridgehead atoms. The monoisotopic (exact) mass is 423 g/mol. The molecular formula is C18H27Cl2NO6. The van der Waals surface area contributed by atoms with Crippen molar-refractivity contribution >= 4 is 35.9 Å². The molecule has 0 aromatic rings. The molecule has 3 aliphatic rings. The SMILES string of the molecule is CC1CC(O)(C(C)Cl)C(=O)OC2CCN3CC=C(COC(=O)C1(C)O)C23.Cl.